The van der Waals surface area contributed by atoms with Crippen molar-refractivity contribution < 1.29 is 33.1 Å². The van der Waals surface area contributed by atoms with E-state index in [4.69, 9.17) is 5.11 Å². The molecule has 0 aromatic heterocycles. The van der Waals surface area contributed by atoms with Gasteiger partial charge in [-0.2, -0.15) is 8.42 Å². The van der Waals surface area contributed by atoms with Crippen LogP contribution in [-0.2, 0) is 20.3 Å². The van der Waals surface area contributed by atoms with Crippen LogP contribution in [0.3, 0.4) is 0 Å². The zero-order valence-electron chi connectivity index (χ0n) is 16.9. The number of unbranched alkanes of at least 4 members (excludes halogenated alkanes) is 2. The molecule has 1 aliphatic carbocycles. The van der Waals surface area contributed by atoms with Crippen LogP contribution >= 0.6 is 0 Å². The highest BCUT2D eigenvalue weighted by Crippen LogP contribution is 2.49. The Hall–Kier alpha value is -2.36. The van der Waals surface area contributed by atoms with Crippen LogP contribution < -0.4 is 4.90 Å². The van der Waals surface area contributed by atoms with Crippen molar-refractivity contribution in [3.8, 4) is 0 Å². The lowest BCUT2D eigenvalue weighted by Crippen LogP contribution is -2.33. The minimum atomic E-state index is -4.36. The number of carbonyl (C=O) groups is 1. The molecular weight excluding hydrogens is 410 g/mol. The molecule has 9 heteroatoms. The lowest BCUT2D eigenvalue weighted by atomic mass is 9.80. The molecule has 1 aromatic rings. The Bertz CT molecular complexity index is 1010. The quantitative estimate of drug-likeness (QED) is 0.360. The zero-order valence-corrected chi connectivity index (χ0v) is 17.8. The standard InChI is InChI=1S/C21H27NO7S/c1-21(2)15-10-13(30(27,28)29)7-8-16(15)22(9-5-3-4-6-20(25)26)19(21)11-14-17(23)12-18(14)24/h7-8,10-12,14,17,23-24H,3-6,9H2,1-2H3,(H,25,26)(H,27,28,29). The van der Waals surface area contributed by atoms with Gasteiger partial charge >= 0.3 is 5.97 Å². The van der Waals surface area contributed by atoms with Crippen LogP contribution in [0.4, 0.5) is 5.69 Å². The molecule has 1 heterocycles. The summed E-state index contributed by atoms with van der Waals surface area (Å²) in [6, 6.07) is 4.45. The number of hydrogen-bond acceptors (Lipinski definition) is 6. The van der Waals surface area contributed by atoms with E-state index in [1.807, 2.05) is 18.7 Å². The third kappa shape index (κ3) is 4.23. The highest BCUT2D eigenvalue weighted by atomic mass is 32.2. The van der Waals surface area contributed by atoms with Crippen molar-refractivity contribution in [1.82, 2.24) is 0 Å². The first-order chi connectivity index (χ1) is 13.9. The number of carboxylic acids is 1. The lowest BCUT2D eigenvalue weighted by Gasteiger charge is -2.32. The van der Waals surface area contributed by atoms with Crippen molar-refractivity contribution >= 4 is 21.8 Å². The fourth-order valence-electron chi connectivity index (χ4n) is 4.08. The summed E-state index contributed by atoms with van der Waals surface area (Å²) < 4.78 is 32.7. The van der Waals surface area contributed by atoms with Crippen molar-refractivity contribution in [1.29, 1.82) is 0 Å². The predicted octanol–water partition coefficient (Wildman–Crippen LogP) is 2.99. The molecule has 1 aliphatic heterocycles. The SMILES string of the molecule is CC1(C)C(=CC2C(O)=CC2O)N(CCCCCC(=O)O)c2ccc(S(=O)(=O)O)cc21. The maximum atomic E-state index is 11.6. The number of benzene rings is 1. The van der Waals surface area contributed by atoms with E-state index in [0.717, 1.165) is 17.8 Å². The Morgan fingerprint density at radius 1 is 1.23 bits per heavy atom. The largest absolute Gasteiger partial charge is 0.512 e. The van der Waals surface area contributed by atoms with Crippen molar-refractivity contribution in [2.24, 2.45) is 5.92 Å². The summed E-state index contributed by atoms with van der Waals surface area (Å²) in [4.78, 5) is 12.5. The molecule has 0 saturated heterocycles. The maximum absolute atomic E-state index is 11.6. The molecule has 2 aliphatic rings. The van der Waals surface area contributed by atoms with Gasteiger partial charge in [0.25, 0.3) is 10.1 Å². The fraction of sp³-hybridized carbons (Fsp3) is 0.476. The average Bonchev–Trinajstić information content (AvgIpc) is 2.85. The topological polar surface area (TPSA) is 135 Å². The number of aliphatic hydroxyl groups is 2. The Labute approximate surface area is 175 Å². The van der Waals surface area contributed by atoms with E-state index >= 15 is 0 Å². The number of rotatable bonds is 8. The smallest absolute Gasteiger partial charge is 0.303 e. The Kier molecular flexibility index (Phi) is 5.99. The van der Waals surface area contributed by atoms with Gasteiger partial charge in [-0.25, -0.2) is 0 Å². The average molecular weight is 438 g/mol. The van der Waals surface area contributed by atoms with Gasteiger partial charge in [-0.15, -0.1) is 0 Å². The van der Waals surface area contributed by atoms with Crippen LogP contribution in [-0.4, -0.2) is 46.9 Å². The van der Waals surface area contributed by atoms with Crippen molar-refractivity contribution in [2.45, 2.75) is 55.9 Å². The van der Waals surface area contributed by atoms with Gasteiger partial charge in [0.05, 0.1) is 16.9 Å². The molecule has 0 bridgehead atoms. The summed E-state index contributed by atoms with van der Waals surface area (Å²) in [6.07, 6.45) is 4.47. The molecule has 0 radical (unpaired) electrons. The molecule has 30 heavy (non-hydrogen) atoms. The molecule has 4 N–H and O–H groups in total. The van der Waals surface area contributed by atoms with Crippen molar-refractivity contribution in [3.63, 3.8) is 0 Å². The third-order valence-corrected chi connectivity index (χ3v) is 6.67. The first-order valence-corrected chi connectivity index (χ1v) is 11.3. The molecule has 0 fully saturated rings. The Morgan fingerprint density at radius 3 is 2.50 bits per heavy atom. The molecule has 3 rings (SSSR count). The number of hydrogen-bond donors (Lipinski definition) is 4. The van der Waals surface area contributed by atoms with Crippen molar-refractivity contribution in [2.75, 3.05) is 11.4 Å². The highest BCUT2D eigenvalue weighted by molar-refractivity contribution is 7.85. The summed E-state index contributed by atoms with van der Waals surface area (Å²) in [5.41, 5.74) is 1.68. The van der Waals surface area contributed by atoms with E-state index in [9.17, 15) is 28.0 Å². The Morgan fingerprint density at radius 2 is 1.93 bits per heavy atom. The summed E-state index contributed by atoms with van der Waals surface area (Å²) >= 11 is 0. The van der Waals surface area contributed by atoms with E-state index in [0.29, 0.717) is 24.9 Å². The number of nitrogens with zero attached hydrogens (tertiary/aromatic N) is 1. The van der Waals surface area contributed by atoms with Gasteiger partial charge in [0, 0.05) is 29.8 Å². The first-order valence-electron chi connectivity index (χ1n) is 9.85. The second-order valence-electron chi connectivity index (χ2n) is 8.29. The molecule has 1 aromatic carbocycles. The number of anilines is 1. The second kappa shape index (κ2) is 8.05. The van der Waals surface area contributed by atoms with Gasteiger partial charge in [-0.3, -0.25) is 9.35 Å². The molecule has 0 amide bonds. The van der Waals surface area contributed by atoms with Crippen LogP contribution in [0.1, 0.15) is 45.1 Å². The fourth-order valence-corrected chi connectivity index (χ4v) is 4.59. The van der Waals surface area contributed by atoms with E-state index in [2.05, 4.69) is 0 Å². The van der Waals surface area contributed by atoms with E-state index in [1.165, 1.54) is 18.2 Å². The number of aliphatic hydroxyl groups excluding tert-OH is 2. The molecule has 2 atom stereocenters. The molecule has 2 unspecified atom stereocenters. The van der Waals surface area contributed by atoms with E-state index in [-0.39, 0.29) is 17.1 Å². The second-order valence-corrected chi connectivity index (χ2v) is 9.72. The van der Waals surface area contributed by atoms with E-state index in [1.54, 1.807) is 12.1 Å². The van der Waals surface area contributed by atoms with Crippen LogP contribution in [0.5, 0.6) is 0 Å². The summed E-state index contributed by atoms with van der Waals surface area (Å²) in [6.45, 7) is 4.41. The monoisotopic (exact) mass is 437 g/mol. The van der Waals surface area contributed by atoms with Gasteiger partial charge < -0.3 is 20.2 Å². The molecular formula is C21H27NO7S. The summed E-state index contributed by atoms with van der Waals surface area (Å²) in [5.74, 6) is -1.28. The Balaban J connectivity index is 1.95. The first kappa shape index (κ1) is 22.3. The number of carboxylic acid groups (broad SMARTS) is 1. The summed E-state index contributed by atoms with van der Waals surface area (Å²) in [5, 5.41) is 28.7. The molecule has 0 spiro atoms. The number of aliphatic carboxylic acids is 1. The summed E-state index contributed by atoms with van der Waals surface area (Å²) in [7, 11) is -4.36. The van der Waals surface area contributed by atoms with Crippen molar-refractivity contribution in [3.05, 3.63) is 47.4 Å². The molecule has 0 saturated carbocycles. The predicted molar refractivity (Wildman–Crippen MR) is 111 cm³/mol. The van der Waals surface area contributed by atoms with Gasteiger partial charge in [0.1, 0.15) is 5.76 Å². The molecule has 8 nitrogen and oxygen atoms in total. The van der Waals surface area contributed by atoms with Gasteiger partial charge in [0.2, 0.25) is 0 Å². The normalized spacial score (nSPS) is 23.8. The minimum Gasteiger partial charge on any atom is -0.512 e. The zero-order chi connectivity index (χ0) is 22.3. The highest BCUT2D eigenvalue weighted by Gasteiger charge is 2.42. The van der Waals surface area contributed by atoms with Gasteiger partial charge in [0.15, 0.2) is 0 Å². The van der Waals surface area contributed by atoms with Crippen LogP contribution in [0.25, 0.3) is 0 Å². The molecule has 164 valence electrons. The van der Waals surface area contributed by atoms with Crippen LogP contribution in [0, 0.1) is 5.92 Å². The van der Waals surface area contributed by atoms with Gasteiger partial charge in [-0.05, 0) is 42.7 Å². The third-order valence-electron chi connectivity index (χ3n) is 5.82. The minimum absolute atomic E-state index is 0.0850. The van der Waals surface area contributed by atoms with Crippen LogP contribution in [0.15, 0.2) is 46.7 Å². The number of fused-ring (bicyclic) bond motifs is 1. The van der Waals surface area contributed by atoms with E-state index < -0.39 is 33.5 Å². The van der Waals surface area contributed by atoms with Gasteiger partial charge in [-0.1, -0.05) is 26.3 Å². The number of allylic oxidation sites excluding steroid dienone is 1. The lowest BCUT2D eigenvalue weighted by molar-refractivity contribution is -0.137. The maximum Gasteiger partial charge on any atom is 0.303 e. The van der Waals surface area contributed by atoms with Crippen LogP contribution in [0.2, 0.25) is 0 Å².